The number of aromatic hydroxyl groups is 1. The van der Waals surface area contributed by atoms with Crippen LogP contribution in [0.5, 0.6) is 23.0 Å². The summed E-state index contributed by atoms with van der Waals surface area (Å²) in [5.74, 6) is -4.64. The molecule has 0 aliphatic heterocycles. The monoisotopic (exact) mass is 1010 g/mol. The van der Waals surface area contributed by atoms with Gasteiger partial charge in [-0.2, -0.15) is 33.7 Å². The van der Waals surface area contributed by atoms with E-state index in [2.05, 4.69) is 34.1 Å². The number of benzene rings is 4. The normalized spacial score (nSPS) is 13.2. The molecule has 0 saturated carbocycles. The van der Waals surface area contributed by atoms with Gasteiger partial charge in [0, 0.05) is 30.0 Å². The van der Waals surface area contributed by atoms with Crippen molar-refractivity contribution in [1.82, 2.24) is 0 Å². The standard InChI is InChI=1S/C30H33N5O22S6/c1-31-19-6-5-17-18(27(19)34-32-20-14-23(54-3)24(15-22(20)53-2)59(39,40)10-8-57-63(50,51)52)13-25(60(41,42)43)28(29(17)36)35-33-21-11-16(12-26(30(21)55-4)61(44,45)46)58(37,38)9-7-56-62(47,48)49/h5-6,11-15,31,36H,7-10H2,1-4H3,(H,41,42,43)(H,44,45,46)(H,47,48,49)(H,50,51,52). The van der Waals surface area contributed by atoms with Crippen molar-refractivity contribution in [2.24, 2.45) is 20.5 Å². The summed E-state index contributed by atoms with van der Waals surface area (Å²) in [4.78, 5) is -3.88. The molecule has 0 spiro atoms. The van der Waals surface area contributed by atoms with Crippen LogP contribution in [0.15, 0.2) is 82.5 Å². The maximum absolute atomic E-state index is 13.0. The lowest BCUT2D eigenvalue weighted by Crippen LogP contribution is -2.16. The van der Waals surface area contributed by atoms with E-state index in [4.69, 9.17) is 23.3 Å². The van der Waals surface area contributed by atoms with Crippen LogP contribution >= 0.6 is 0 Å². The van der Waals surface area contributed by atoms with Crippen LogP contribution in [0.3, 0.4) is 0 Å². The summed E-state index contributed by atoms with van der Waals surface area (Å²) in [6, 6.07) is 6.30. The number of anilines is 1. The van der Waals surface area contributed by atoms with Crippen molar-refractivity contribution in [1.29, 1.82) is 0 Å². The highest BCUT2D eigenvalue weighted by molar-refractivity contribution is 7.92. The quantitative estimate of drug-likeness (QED) is 0.0547. The van der Waals surface area contributed by atoms with E-state index in [1.54, 1.807) is 0 Å². The van der Waals surface area contributed by atoms with E-state index in [-0.39, 0.29) is 39.3 Å². The number of sulfone groups is 2. The van der Waals surface area contributed by atoms with E-state index < -0.39 is 128 Å². The molecule has 4 rings (SSSR count). The van der Waals surface area contributed by atoms with Crippen molar-refractivity contribution >= 4 is 99.9 Å². The number of nitrogens with one attached hydrogen (secondary N) is 1. The number of phenols is 1. The molecule has 27 nitrogen and oxygen atoms in total. The van der Waals surface area contributed by atoms with E-state index >= 15 is 0 Å². The molecule has 63 heavy (non-hydrogen) atoms. The topological polar surface area (TPSA) is 414 Å². The highest BCUT2D eigenvalue weighted by Gasteiger charge is 2.29. The molecule has 0 aliphatic carbocycles. The average molecular weight is 1010 g/mol. The van der Waals surface area contributed by atoms with Gasteiger partial charge in [0.15, 0.2) is 31.2 Å². The van der Waals surface area contributed by atoms with Crippen molar-refractivity contribution in [3.63, 3.8) is 0 Å². The van der Waals surface area contributed by atoms with Gasteiger partial charge < -0.3 is 24.6 Å². The first kappa shape index (κ1) is 50.4. The lowest BCUT2D eigenvalue weighted by Gasteiger charge is -2.14. The molecule has 0 atom stereocenters. The number of rotatable bonds is 20. The zero-order valence-corrected chi connectivity index (χ0v) is 37.2. The van der Waals surface area contributed by atoms with Gasteiger partial charge in [-0.1, -0.05) is 0 Å². The molecule has 0 aliphatic rings. The van der Waals surface area contributed by atoms with E-state index in [9.17, 15) is 64.7 Å². The number of hydrogen-bond donors (Lipinski definition) is 6. The van der Waals surface area contributed by atoms with Gasteiger partial charge in [0.05, 0.1) is 56.6 Å². The predicted octanol–water partition coefficient (Wildman–Crippen LogP) is 3.12. The third kappa shape index (κ3) is 12.3. The number of nitrogens with zero attached hydrogens (tertiary/aromatic N) is 4. The van der Waals surface area contributed by atoms with Crippen LogP contribution in [0, 0.1) is 0 Å². The molecule has 0 aromatic heterocycles. The van der Waals surface area contributed by atoms with Gasteiger partial charge in [0.1, 0.15) is 48.9 Å². The van der Waals surface area contributed by atoms with Gasteiger partial charge in [-0.3, -0.25) is 18.2 Å². The highest BCUT2D eigenvalue weighted by Crippen LogP contribution is 2.48. The fraction of sp³-hybridized carbons (Fsp3) is 0.267. The first-order valence-corrected chi connectivity index (χ1v) is 25.4. The largest absolute Gasteiger partial charge is 0.505 e. The summed E-state index contributed by atoms with van der Waals surface area (Å²) in [7, 11) is -25.5. The van der Waals surface area contributed by atoms with Crippen LogP contribution < -0.4 is 19.5 Å². The predicted molar refractivity (Wildman–Crippen MR) is 215 cm³/mol. The zero-order valence-electron chi connectivity index (χ0n) is 32.3. The Balaban J connectivity index is 1.93. The van der Waals surface area contributed by atoms with Crippen LogP contribution in [0.4, 0.5) is 28.4 Å². The van der Waals surface area contributed by atoms with Crippen LogP contribution in [-0.2, 0) is 69.1 Å². The lowest BCUT2D eigenvalue weighted by molar-refractivity contribution is 0.282. The number of methoxy groups -OCH3 is 3. The van der Waals surface area contributed by atoms with Crippen LogP contribution in [0.2, 0.25) is 0 Å². The Morgan fingerprint density at radius 3 is 1.60 bits per heavy atom. The Labute approximate surface area is 358 Å². The number of hydrogen-bond acceptors (Lipinski definition) is 23. The van der Waals surface area contributed by atoms with E-state index in [1.165, 1.54) is 19.2 Å². The van der Waals surface area contributed by atoms with Crippen molar-refractivity contribution < 1.29 is 96.4 Å². The summed E-state index contributed by atoms with van der Waals surface area (Å²) in [6.45, 7) is -2.13. The van der Waals surface area contributed by atoms with E-state index in [0.29, 0.717) is 12.1 Å². The molecule has 33 heteroatoms. The van der Waals surface area contributed by atoms with Crippen molar-refractivity contribution in [3.05, 3.63) is 42.5 Å². The SMILES string of the molecule is CNc1ccc2c(O)c(N=Nc3cc(S(=O)(=O)CCOS(=O)(=O)O)cc(S(=O)(=O)O)c3OC)c(S(=O)(=O)O)cc2c1N=Nc1cc(OC)c(S(=O)(=O)CCOS(=O)(=O)O)cc1OC. The highest BCUT2D eigenvalue weighted by atomic mass is 32.3. The Morgan fingerprint density at radius 2 is 1.10 bits per heavy atom. The fourth-order valence-corrected chi connectivity index (χ4v) is 9.93. The summed E-state index contributed by atoms with van der Waals surface area (Å²) >= 11 is 0. The molecule has 4 aromatic carbocycles. The molecule has 0 amide bonds. The molecule has 0 unspecified atom stereocenters. The Hall–Kier alpha value is -5.20. The van der Waals surface area contributed by atoms with E-state index in [0.717, 1.165) is 39.5 Å². The fourth-order valence-electron chi connectivity index (χ4n) is 5.33. The first-order chi connectivity index (χ1) is 29.0. The summed E-state index contributed by atoms with van der Waals surface area (Å²) in [5, 5.41) is 29.2. The molecule has 346 valence electrons. The number of fused-ring (bicyclic) bond motifs is 1. The molecule has 6 N–H and O–H groups in total. The van der Waals surface area contributed by atoms with Gasteiger partial charge in [0.2, 0.25) is 0 Å². The molecule has 4 aromatic rings. The second-order valence-electron chi connectivity index (χ2n) is 12.0. The molecule has 0 fully saturated rings. The zero-order chi connectivity index (χ0) is 47.5. The maximum Gasteiger partial charge on any atom is 0.397 e. The molecule has 0 bridgehead atoms. The molecular formula is C30H33N5O22S6. The Kier molecular flexibility index (Phi) is 15.1. The summed E-state index contributed by atoms with van der Waals surface area (Å²) in [6.07, 6.45) is 0. The second-order valence-corrected chi connectivity index (χ2v) is 21.2. The minimum atomic E-state index is -5.41. The molecule has 0 heterocycles. The summed E-state index contributed by atoms with van der Waals surface area (Å²) in [5.41, 5.74) is -2.22. The van der Waals surface area contributed by atoms with Gasteiger partial charge in [0.25, 0.3) is 20.2 Å². The third-order valence-corrected chi connectivity index (χ3v) is 14.1. The maximum atomic E-state index is 13.0. The number of ether oxygens (including phenoxy) is 3. The van der Waals surface area contributed by atoms with Crippen molar-refractivity contribution in [2.45, 2.75) is 19.6 Å². The minimum Gasteiger partial charge on any atom is -0.505 e. The van der Waals surface area contributed by atoms with Crippen molar-refractivity contribution in [2.75, 3.05) is 58.4 Å². The van der Waals surface area contributed by atoms with Gasteiger partial charge in [-0.15, -0.1) is 20.5 Å². The van der Waals surface area contributed by atoms with E-state index in [1.807, 2.05) is 0 Å². The van der Waals surface area contributed by atoms with Gasteiger partial charge in [-0.25, -0.2) is 25.2 Å². The van der Waals surface area contributed by atoms with Crippen LogP contribution in [0.25, 0.3) is 10.8 Å². The minimum absolute atomic E-state index is 0.104. The Bertz CT molecular complexity index is 3210. The first-order valence-electron chi connectivity index (χ1n) is 16.4. The van der Waals surface area contributed by atoms with Gasteiger partial charge in [-0.05, 0) is 30.3 Å². The lowest BCUT2D eigenvalue weighted by atomic mass is 10.1. The Morgan fingerprint density at radius 1 is 0.556 bits per heavy atom. The average Bonchev–Trinajstić information content (AvgIpc) is 3.16. The van der Waals surface area contributed by atoms with Gasteiger partial charge >= 0.3 is 20.8 Å². The number of azo groups is 2. The van der Waals surface area contributed by atoms with Crippen molar-refractivity contribution in [3.8, 4) is 23.0 Å². The second kappa shape index (κ2) is 18.9. The summed E-state index contributed by atoms with van der Waals surface area (Å²) < 4.78 is 207. The smallest absolute Gasteiger partial charge is 0.397 e. The van der Waals surface area contributed by atoms with Crippen LogP contribution in [0.1, 0.15) is 0 Å². The molecule has 0 radical (unpaired) electrons. The number of phenolic OH excluding ortho intramolecular Hbond substituents is 1. The molecular weight excluding hydrogens is 975 g/mol. The molecule has 0 saturated heterocycles. The third-order valence-electron chi connectivity index (χ3n) is 8.09. The van der Waals surface area contributed by atoms with Crippen LogP contribution in [-0.4, -0.2) is 127 Å².